The molecule has 0 saturated heterocycles. The van der Waals surface area contributed by atoms with Crippen LogP contribution in [0.1, 0.15) is 39.0 Å². The van der Waals surface area contributed by atoms with Crippen LogP contribution in [0.4, 0.5) is 4.79 Å². The fourth-order valence-corrected chi connectivity index (χ4v) is 2.67. The van der Waals surface area contributed by atoms with Crippen molar-refractivity contribution in [1.82, 2.24) is 10.2 Å². The Labute approximate surface area is 118 Å². The summed E-state index contributed by atoms with van der Waals surface area (Å²) >= 11 is 0. The number of urea groups is 1. The number of aliphatic carboxylic acids is 1. The molecular weight excluding hydrogens is 262 g/mol. The molecule has 4 N–H and O–H groups in total. The van der Waals surface area contributed by atoms with Gasteiger partial charge in [0.1, 0.15) is 6.04 Å². The number of nitrogens with two attached hydrogens (primary N) is 1. The van der Waals surface area contributed by atoms with Crippen LogP contribution in [0.15, 0.2) is 0 Å². The number of hydrogen-bond donors (Lipinski definition) is 3. The Morgan fingerprint density at radius 1 is 1.35 bits per heavy atom. The Hall–Kier alpha value is -1.79. The molecule has 20 heavy (non-hydrogen) atoms. The van der Waals surface area contributed by atoms with Gasteiger partial charge in [-0.05, 0) is 18.8 Å². The Balaban J connectivity index is 2.63. The number of primary amides is 1. The van der Waals surface area contributed by atoms with E-state index in [2.05, 4.69) is 12.2 Å². The number of carbonyl (C=O) groups is 3. The third-order valence-corrected chi connectivity index (χ3v) is 3.89. The second-order valence-electron chi connectivity index (χ2n) is 5.45. The molecule has 1 saturated carbocycles. The van der Waals surface area contributed by atoms with Crippen LogP contribution in [-0.4, -0.2) is 47.0 Å². The predicted octanol–water partition coefficient (Wildman–Crippen LogP) is 0.535. The lowest BCUT2D eigenvalue weighted by Gasteiger charge is -2.36. The number of rotatable bonds is 5. The summed E-state index contributed by atoms with van der Waals surface area (Å²) in [6.45, 7) is 2.09. The van der Waals surface area contributed by atoms with Crippen LogP contribution in [0.25, 0.3) is 0 Å². The van der Waals surface area contributed by atoms with Gasteiger partial charge in [-0.2, -0.15) is 0 Å². The predicted molar refractivity (Wildman–Crippen MR) is 72.9 cm³/mol. The van der Waals surface area contributed by atoms with Gasteiger partial charge < -0.3 is 21.1 Å². The summed E-state index contributed by atoms with van der Waals surface area (Å²) < 4.78 is 0. The second kappa shape index (κ2) is 7.12. The fraction of sp³-hybridized carbons (Fsp3) is 0.769. The van der Waals surface area contributed by atoms with Crippen molar-refractivity contribution >= 4 is 17.9 Å². The molecule has 0 bridgehead atoms. The van der Waals surface area contributed by atoms with E-state index >= 15 is 0 Å². The monoisotopic (exact) mass is 285 g/mol. The highest BCUT2D eigenvalue weighted by atomic mass is 16.4. The van der Waals surface area contributed by atoms with Crippen molar-refractivity contribution < 1.29 is 19.5 Å². The van der Waals surface area contributed by atoms with E-state index in [1.807, 2.05) is 0 Å². The molecule has 1 aliphatic rings. The fourth-order valence-electron chi connectivity index (χ4n) is 2.67. The van der Waals surface area contributed by atoms with E-state index in [1.165, 1.54) is 0 Å². The summed E-state index contributed by atoms with van der Waals surface area (Å²) in [7, 11) is 1.66. The van der Waals surface area contributed by atoms with E-state index in [4.69, 9.17) is 10.8 Å². The van der Waals surface area contributed by atoms with E-state index in [-0.39, 0.29) is 6.04 Å². The highest BCUT2D eigenvalue weighted by Gasteiger charge is 2.30. The Kier molecular flexibility index (Phi) is 5.79. The Morgan fingerprint density at radius 3 is 2.45 bits per heavy atom. The zero-order valence-electron chi connectivity index (χ0n) is 12.0. The van der Waals surface area contributed by atoms with Gasteiger partial charge in [0.2, 0.25) is 5.91 Å². The summed E-state index contributed by atoms with van der Waals surface area (Å²) in [4.78, 5) is 35.4. The smallest absolute Gasteiger partial charge is 0.326 e. The van der Waals surface area contributed by atoms with Crippen molar-refractivity contribution in [3.63, 3.8) is 0 Å². The van der Waals surface area contributed by atoms with E-state index in [0.717, 1.165) is 25.7 Å². The summed E-state index contributed by atoms with van der Waals surface area (Å²) in [5, 5.41) is 11.3. The van der Waals surface area contributed by atoms with Gasteiger partial charge in [-0.25, -0.2) is 9.59 Å². The van der Waals surface area contributed by atoms with Crippen molar-refractivity contribution in [2.24, 2.45) is 11.7 Å². The number of nitrogens with zero attached hydrogens (tertiary/aromatic N) is 1. The number of carboxylic acid groups (broad SMARTS) is 1. The van der Waals surface area contributed by atoms with Crippen LogP contribution < -0.4 is 11.1 Å². The average molecular weight is 285 g/mol. The first-order valence-electron chi connectivity index (χ1n) is 6.87. The highest BCUT2D eigenvalue weighted by Crippen LogP contribution is 2.27. The quantitative estimate of drug-likeness (QED) is 0.684. The van der Waals surface area contributed by atoms with E-state index in [1.54, 1.807) is 11.9 Å². The van der Waals surface area contributed by atoms with Crippen LogP contribution in [0.3, 0.4) is 0 Å². The van der Waals surface area contributed by atoms with Crippen molar-refractivity contribution in [2.75, 3.05) is 7.05 Å². The maximum atomic E-state index is 12.1. The van der Waals surface area contributed by atoms with Gasteiger partial charge >= 0.3 is 12.0 Å². The van der Waals surface area contributed by atoms with Gasteiger partial charge in [-0.15, -0.1) is 0 Å². The number of nitrogens with one attached hydrogen (secondary N) is 1. The van der Waals surface area contributed by atoms with Crippen LogP contribution in [0, 0.1) is 5.92 Å². The third-order valence-electron chi connectivity index (χ3n) is 3.89. The van der Waals surface area contributed by atoms with Crippen molar-refractivity contribution in [2.45, 2.75) is 51.1 Å². The first-order valence-corrected chi connectivity index (χ1v) is 6.87. The van der Waals surface area contributed by atoms with Gasteiger partial charge in [0, 0.05) is 13.1 Å². The maximum absolute atomic E-state index is 12.1. The van der Waals surface area contributed by atoms with Crippen molar-refractivity contribution in [3.05, 3.63) is 0 Å². The number of carboxylic acids is 1. The minimum Gasteiger partial charge on any atom is -0.480 e. The van der Waals surface area contributed by atoms with Gasteiger partial charge in [-0.1, -0.05) is 19.8 Å². The van der Waals surface area contributed by atoms with Crippen LogP contribution in [0.2, 0.25) is 0 Å². The molecule has 1 rings (SSSR count). The molecule has 1 fully saturated rings. The summed E-state index contributed by atoms with van der Waals surface area (Å²) in [5.41, 5.74) is 4.98. The summed E-state index contributed by atoms with van der Waals surface area (Å²) in [6, 6.07) is -1.65. The topological polar surface area (TPSA) is 113 Å². The average Bonchev–Trinajstić information content (AvgIpc) is 2.37. The molecule has 3 unspecified atom stereocenters. The number of hydrogen-bond acceptors (Lipinski definition) is 3. The molecular formula is C13H23N3O4. The normalized spacial score (nSPS) is 23.7. The zero-order valence-corrected chi connectivity index (χ0v) is 12.0. The molecule has 0 aromatic rings. The van der Waals surface area contributed by atoms with Gasteiger partial charge in [-0.3, -0.25) is 4.79 Å². The minimum atomic E-state index is -1.28. The summed E-state index contributed by atoms with van der Waals surface area (Å²) in [6.07, 6.45) is 3.79. The second-order valence-corrected chi connectivity index (χ2v) is 5.45. The molecule has 0 aliphatic heterocycles. The summed E-state index contributed by atoms with van der Waals surface area (Å²) in [5.74, 6) is -1.63. The molecule has 0 spiro atoms. The molecule has 3 amide bonds. The highest BCUT2D eigenvalue weighted by molar-refractivity contribution is 5.87. The van der Waals surface area contributed by atoms with Crippen molar-refractivity contribution in [3.8, 4) is 0 Å². The molecule has 7 heteroatoms. The van der Waals surface area contributed by atoms with Crippen molar-refractivity contribution in [1.29, 1.82) is 0 Å². The first kappa shape index (κ1) is 16.3. The molecule has 0 heterocycles. The largest absolute Gasteiger partial charge is 0.480 e. The van der Waals surface area contributed by atoms with E-state index < -0.39 is 30.4 Å². The molecule has 114 valence electrons. The van der Waals surface area contributed by atoms with Gasteiger partial charge in [0.05, 0.1) is 6.42 Å². The molecule has 0 radical (unpaired) electrons. The van der Waals surface area contributed by atoms with Crippen LogP contribution in [0.5, 0.6) is 0 Å². The van der Waals surface area contributed by atoms with E-state index in [9.17, 15) is 14.4 Å². The van der Waals surface area contributed by atoms with Crippen LogP contribution >= 0.6 is 0 Å². The Morgan fingerprint density at radius 2 is 1.95 bits per heavy atom. The third kappa shape index (κ3) is 4.40. The standard InChI is InChI=1S/C13H23N3O4/c1-8-5-3-4-6-10(8)16(2)13(20)15-9(12(18)19)7-11(14)17/h8-10H,3-7H2,1-2H3,(H2,14,17)(H,15,20)(H,18,19). The van der Waals surface area contributed by atoms with E-state index in [0.29, 0.717) is 5.92 Å². The molecule has 3 atom stereocenters. The van der Waals surface area contributed by atoms with Gasteiger partial charge in [0.25, 0.3) is 0 Å². The van der Waals surface area contributed by atoms with Gasteiger partial charge in [0.15, 0.2) is 0 Å². The lowest BCUT2D eigenvalue weighted by atomic mass is 9.85. The molecule has 0 aromatic carbocycles. The number of amides is 3. The lowest BCUT2D eigenvalue weighted by molar-refractivity contribution is -0.141. The minimum absolute atomic E-state index is 0.103. The molecule has 0 aromatic heterocycles. The first-order chi connectivity index (χ1) is 9.32. The number of carbonyl (C=O) groups excluding carboxylic acids is 2. The Bertz CT molecular complexity index is 386. The van der Waals surface area contributed by atoms with Crippen LogP contribution in [-0.2, 0) is 9.59 Å². The maximum Gasteiger partial charge on any atom is 0.326 e. The SMILES string of the molecule is CC1CCCCC1N(C)C(=O)NC(CC(N)=O)C(=O)O. The zero-order chi connectivity index (χ0) is 15.3. The molecule has 7 nitrogen and oxygen atoms in total. The lowest BCUT2D eigenvalue weighted by Crippen LogP contribution is -2.52. The molecule has 1 aliphatic carbocycles.